The van der Waals surface area contributed by atoms with Crippen LogP contribution >= 0.6 is 11.3 Å². The molecule has 1 aromatic heterocycles. The van der Waals surface area contributed by atoms with Crippen molar-refractivity contribution in [3.63, 3.8) is 0 Å². The summed E-state index contributed by atoms with van der Waals surface area (Å²) in [5.74, 6) is -2.37. The predicted molar refractivity (Wildman–Crippen MR) is 130 cm³/mol. The van der Waals surface area contributed by atoms with Crippen LogP contribution in [-0.2, 0) is 15.1 Å². The second-order valence-corrected chi connectivity index (χ2v) is 10.1. The number of imide groups is 2. The Labute approximate surface area is 208 Å². The normalized spacial score (nSPS) is 17.8. The van der Waals surface area contributed by atoms with Gasteiger partial charge in [0.2, 0.25) is 11.8 Å². The van der Waals surface area contributed by atoms with Gasteiger partial charge in [-0.05, 0) is 50.6 Å². The number of hydrogen-bond acceptors (Lipinski definition) is 8. The van der Waals surface area contributed by atoms with Crippen LogP contribution in [0.4, 0.5) is 10.5 Å². The van der Waals surface area contributed by atoms with E-state index in [0.29, 0.717) is 10.5 Å². The molecule has 0 saturated carbocycles. The minimum Gasteiger partial charge on any atom is -0.506 e. The Balaban J connectivity index is 1.32. The highest BCUT2D eigenvalue weighted by Gasteiger charge is 2.44. The summed E-state index contributed by atoms with van der Waals surface area (Å²) in [6.45, 7) is 3.54. The predicted octanol–water partition coefficient (Wildman–Crippen LogP) is 2.46. The van der Waals surface area contributed by atoms with Crippen molar-refractivity contribution in [3.05, 3.63) is 52.5 Å². The lowest BCUT2D eigenvalue weighted by Crippen LogP contribution is -2.54. The Bertz CT molecular complexity index is 1480. The number of carbonyl (C=O) groups excluding carboxylic acids is 5. The fraction of sp³-hybridized carbons (Fsp3) is 0.250. The molecule has 2 aliphatic rings. The van der Waals surface area contributed by atoms with Crippen molar-refractivity contribution in [2.75, 3.05) is 5.32 Å². The SMILES string of the molecule is CC(C)(NC(=O)Nc1ccc2c(c1)C(=O)N(C1CCC(=O)NC1=O)C2=O)c1nc2c(O)cccc2s1. The number of anilines is 1. The molecule has 0 bridgehead atoms. The van der Waals surface area contributed by atoms with E-state index in [9.17, 15) is 29.1 Å². The van der Waals surface area contributed by atoms with Crippen LogP contribution in [-0.4, -0.2) is 50.7 Å². The summed E-state index contributed by atoms with van der Waals surface area (Å²) < 4.78 is 0.780. The maximum atomic E-state index is 13.0. The van der Waals surface area contributed by atoms with Crippen LogP contribution in [0.3, 0.4) is 0 Å². The van der Waals surface area contributed by atoms with Crippen LogP contribution in [0.15, 0.2) is 36.4 Å². The molecule has 3 aromatic rings. The van der Waals surface area contributed by atoms with Crippen molar-refractivity contribution in [3.8, 4) is 5.75 Å². The van der Waals surface area contributed by atoms with E-state index in [1.165, 1.54) is 29.5 Å². The number of carbonyl (C=O) groups is 5. The first kappa shape index (κ1) is 23.4. The molecule has 1 atom stereocenters. The zero-order valence-electron chi connectivity index (χ0n) is 19.2. The molecule has 5 rings (SSSR count). The third-order valence-electron chi connectivity index (χ3n) is 6.06. The molecular formula is C24H21N5O6S. The van der Waals surface area contributed by atoms with Crippen LogP contribution in [0.25, 0.3) is 10.2 Å². The summed E-state index contributed by atoms with van der Waals surface area (Å²) in [5, 5.41) is 18.2. The number of phenolic OH excluding ortho intramolecular Hbond substituents is 1. The summed E-state index contributed by atoms with van der Waals surface area (Å²) in [5.41, 5.74) is 0.0183. The number of phenols is 1. The standard InChI is InChI=1S/C24H21N5O6S/c1-24(2,22-27-18-15(30)4-3-5-16(18)36-22)28-23(35)25-11-6-7-12-13(10-11)21(34)29(20(12)33)14-8-9-17(31)26-19(14)32/h3-7,10,14,30H,8-9H2,1-2H3,(H2,25,28,35)(H,26,31,32). The molecule has 2 aromatic carbocycles. The van der Waals surface area contributed by atoms with Crippen LogP contribution in [0.1, 0.15) is 52.4 Å². The zero-order valence-corrected chi connectivity index (χ0v) is 20.1. The average molecular weight is 508 g/mol. The number of thiazole rings is 1. The summed E-state index contributed by atoms with van der Waals surface area (Å²) in [4.78, 5) is 67.5. The number of amides is 6. The number of rotatable bonds is 4. The Hall–Kier alpha value is -4.32. The van der Waals surface area contributed by atoms with Gasteiger partial charge in [-0.25, -0.2) is 9.78 Å². The zero-order chi connectivity index (χ0) is 25.8. The Morgan fingerprint density at radius 2 is 1.89 bits per heavy atom. The Morgan fingerprint density at radius 1 is 1.14 bits per heavy atom. The molecule has 0 aliphatic carbocycles. The van der Waals surface area contributed by atoms with E-state index in [2.05, 4.69) is 20.9 Å². The topological polar surface area (TPSA) is 158 Å². The van der Waals surface area contributed by atoms with Crippen molar-refractivity contribution < 1.29 is 29.1 Å². The average Bonchev–Trinajstić information content (AvgIpc) is 3.35. The summed E-state index contributed by atoms with van der Waals surface area (Å²) >= 11 is 1.34. The lowest BCUT2D eigenvalue weighted by atomic mass is 10.0. The van der Waals surface area contributed by atoms with Crippen LogP contribution in [0, 0.1) is 0 Å². The van der Waals surface area contributed by atoms with Crippen molar-refractivity contribution in [1.29, 1.82) is 0 Å². The Kier molecular flexibility index (Phi) is 5.47. The highest BCUT2D eigenvalue weighted by Crippen LogP contribution is 2.34. The molecule has 1 fully saturated rings. The van der Waals surface area contributed by atoms with Gasteiger partial charge in [0.05, 0.1) is 21.4 Å². The second kappa shape index (κ2) is 8.41. The number of piperidine rings is 1. The van der Waals surface area contributed by atoms with Crippen molar-refractivity contribution in [2.24, 2.45) is 0 Å². The summed E-state index contributed by atoms with van der Waals surface area (Å²) in [6.07, 6.45) is 0.0864. The van der Waals surface area contributed by atoms with Gasteiger partial charge in [0.15, 0.2) is 0 Å². The molecule has 2 aliphatic heterocycles. The monoisotopic (exact) mass is 507 g/mol. The first-order valence-corrected chi connectivity index (χ1v) is 11.9. The molecule has 11 nitrogen and oxygen atoms in total. The van der Waals surface area contributed by atoms with Gasteiger partial charge in [-0.15, -0.1) is 11.3 Å². The molecule has 36 heavy (non-hydrogen) atoms. The van der Waals surface area contributed by atoms with E-state index in [-0.39, 0.29) is 35.4 Å². The third kappa shape index (κ3) is 3.94. The number of hydrogen-bond donors (Lipinski definition) is 4. The van der Waals surface area contributed by atoms with Gasteiger partial charge in [0.25, 0.3) is 11.8 Å². The highest BCUT2D eigenvalue weighted by molar-refractivity contribution is 7.18. The van der Waals surface area contributed by atoms with Gasteiger partial charge in [-0.1, -0.05) is 6.07 Å². The minimum atomic E-state index is -1.07. The molecule has 6 amide bonds. The molecule has 4 N–H and O–H groups in total. The summed E-state index contributed by atoms with van der Waals surface area (Å²) in [7, 11) is 0. The van der Waals surface area contributed by atoms with E-state index in [4.69, 9.17) is 0 Å². The molecule has 3 heterocycles. The van der Waals surface area contributed by atoms with Crippen molar-refractivity contribution in [2.45, 2.75) is 38.3 Å². The quantitative estimate of drug-likeness (QED) is 0.395. The molecule has 0 radical (unpaired) electrons. The smallest absolute Gasteiger partial charge is 0.319 e. The maximum absolute atomic E-state index is 13.0. The molecule has 1 unspecified atom stereocenters. The molecule has 184 valence electrons. The number of nitrogens with one attached hydrogen (secondary N) is 3. The molecule has 12 heteroatoms. The van der Waals surface area contributed by atoms with Gasteiger partial charge in [0.1, 0.15) is 22.3 Å². The van der Waals surface area contributed by atoms with E-state index in [0.717, 1.165) is 9.60 Å². The molecular weight excluding hydrogens is 486 g/mol. The molecule has 1 saturated heterocycles. The maximum Gasteiger partial charge on any atom is 0.319 e. The van der Waals surface area contributed by atoms with E-state index >= 15 is 0 Å². The number of urea groups is 1. The van der Waals surface area contributed by atoms with E-state index < -0.39 is 41.2 Å². The fourth-order valence-electron chi connectivity index (χ4n) is 4.25. The van der Waals surface area contributed by atoms with E-state index in [1.807, 2.05) is 6.07 Å². The van der Waals surface area contributed by atoms with Gasteiger partial charge in [-0.2, -0.15) is 0 Å². The first-order chi connectivity index (χ1) is 17.0. The van der Waals surface area contributed by atoms with Crippen LogP contribution < -0.4 is 16.0 Å². The fourth-order valence-corrected chi connectivity index (χ4v) is 5.29. The Morgan fingerprint density at radius 3 is 2.61 bits per heavy atom. The second-order valence-electron chi connectivity index (χ2n) is 9.05. The number of aromatic nitrogens is 1. The number of benzene rings is 2. The van der Waals surface area contributed by atoms with Crippen molar-refractivity contribution in [1.82, 2.24) is 20.5 Å². The van der Waals surface area contributed by atoms with Crippen LogP contribution in [0.2, 0.25) is 0 Å². The van der Waals surface area contributed by atoms with Crippen molar-refractivity contribution >= 4 is 56.9 Å². The number of para-hydroxylation sites is 1. The minimum absolute atomic E-state index is 0.0286. The third-order valence-corrected chi connectivity index (χ3v) is 7.40. The number of aromatic hydroxyl groups is 1. The number of nitrogens with zero attached hydrogens (tertiary/aromatic N) is 2. The highest BCUT2D eigenvalue weighted by atomic mass is 32.1. The van der Waals surface area contributed by atoms with Gasteiger partial charge < -0.3 is 15.7 Å². The van der Waals surface area contributed by atoms with Gasteiger partial charge in [-0.3, -0.25) is 29.4 Å². The van der Waals surface area contributed by atoms with Crippen LogP contribution in [0.5, 0.6) is 5.75 Å². The lowest BCUT2D eigenvalue weighted by Gasteiger charge is -2.27. The van der Waals surface area contributed by atoms with Gasteiger partial charge in [0, 0.05) is 12.1 Å². The lowest BCUT2D eigenvalue weighted by molar-refractivity contribution is -0.136. The van der Waals surface area contributed by atoms with Gasteiger partial charge >= 0.3 is 6.03 Å². The largest absolute Gasteiger partial charge is 0.506 e. The van der Waals surface area contributed by atoms with E-state index in [1.54, 1.807) is 26.0 Å². The number of fused-ring (bicyclic) bond motifs is 2. The molecule has 0 spiro atoms. The first-order valence-electron chi connectivity index (χ1n) is 11.1. The summed E-state index contributed by atoms with van der Waals surface area (Å²) in [6, 6.07) is 7.73.